The average Bonchev–Trinajstić information content (AvgIpc) is 2.54. The minimum atomic E-state index is 0.432. The molecule has 22 heavy (non-hydrogen) atoms. The molecule has 0 saturated heterocycles. The van der Waals surface area contributed by atoms with Crippen molar-refractivity contribution in [1.29, 1.82) is 0 Å². The molecule has 0 spiro atoms. The molecule has 0 aliphatic rings. The fourth-order valence-corrected chi connectivity index (χ4v) is 2.40. The highest BCUT2D eigenvalue weighted by Gasteiger charge is 2.06. The van der Waals surface area contributed by atoms with Crippen LogP contribution in [0.15, 0.2) is 60.7 Å². The number of aryl methyl sites for hydroxylation is 1. The Bertz CT molecular complexity index is 772. The van der Waals surface area contributed by atoms with Crippen molar-refractivity contribution in [2.45, 2.75) is 13.5 Å². The summed E-state index contributed by atoms with van der Waals surface area (Å²) in [6.45, 7) is 2.80. The topological polar surface area (TPSA) is 37.8 Å². The van der Waals surface area contributed by atoms with Crippen LogP contribution in [-0.2, 0) is 6.54 Å². The molecule has 1 heterocycles. The molecule has 0 bridgehead atoms. The summed E-state index contributed by atoms with van der Waals surface area (Å²) in [6.07, 6.45) is 0. The van der Waals surface area contributed by atoms with E-state index in [0.717, 1.165) is 11.4 Å². The van der Waals surface area contributed by atoms with Crippen molar-refractivity contribution in [3.8, 4) is 11.4 Å². The Morgan fingerprint density at radius 3 is 2.45 bits per heavy atom. The van der Waals surface area contributed by atoms with Crippen molar-refractivity contribution in [3.63, 3.8) is 0 Å². The standard InChI is InChI=1S/C18H16ClN3/c1-13-7-5-6-10-15(13)12-20-17-11-16(19)21-18(22-17)14-8-3-2-4-9-14/h2-11H,12H2,1H3,(H,20,21,22). The minimum absolute atomic E-state index is 0.432. The molecule has 0 unspecified atom stereocenters. The Balaban J connectivity index is 1.83. The summed E-state index contributed by atoms with van der Waals surface area (Å²) in [7, 11) is 0. The smallest absolute Gasteiger partial charge is 0.163 e. The van der Waals surface area contributed by atoms with E-state index in [4.69, 9.17) is 11.6 Å². The number of benzene rings is 2. The molecule has 1 N–H and O–H groups in total. The molecule has 2 aromatic carbocycles. The Morgan fingerprint density at radius 1 is 0.955 bits per heavy atom. The number of nitrogens with one attached hydrogen (secondary N) is 1. The molecule has 0 amide bonds. The van der Waals surface area contributed by atoms with Crippen LogP contribution in [0.5, 0.6) is 0 Å². The summed E-state index contributed by atoms with van der Waals surface area (Å²) in [5.74, 6) is 1.35. The highest BCUT2D eigenvalue weighted by molar-refractivity contribution is 6.29. The number of nitrogens with zero attached hydrogens (tertiary/aromatic N) is 2. The summed E-state index contributed by atoms with van der Waals surface area (Å²) in [5.41, 5.74) is 3.43. The van der Waals surface area contributed by atoms with Gasteiger partial charge >= 0.3 is 0 Å². The number of halogens is 1. The van der Waals surface area contributed by atoms with Gasteiger partial charge < -0.3 is 5.32 Å². The second kappa shape index (κ2) is 6.58. The van der Waals surface area contributed by atoms with Crippen molar-refractivity contribution in [3.05, 3.63) is 76.9 Å². The first-order chi connectivity index (χ1) is 10.7. The summed E-state index contributed by atoms with van der Waals surface area (Å²) >= 11 is 6.12. The molecule has 0 aliphatic heterocycles. The van der Waals surface area contributed by atoms with E-state index in [1.54, 1.807) is 6.07 Å². The van der Waals surface area contributed by atoms with Crippen molar-refractivity contribution in [2.75, 3.05) is 5.32 Å². The normalized spacial score (nSPS) is 10.5. The van der Waals surface area contributed by atoms with Gasteiger partial charge in [-0.25, -0.2) is 9.97 Å². The van der Waals surface area contributed by atoms with Crippen LogP contribution in [0, 0.1) is 6.92 Å². The lowest BCUT2D eigenvalue weighted by atomic mass is 10.1. The van der Waals surface area contributed by atoms with Gasteiger partial charge in [0.25, 0.3) is 0 Å². The van der Waals surface area contributed by atoms with Crippen LogP contribution >= 0.6 is 11.6 Å². The van der Waals surface area contributed by atoms with Crippen molar-refractivity contribution in [2.24, 2.45) is 0 Å². The van der Waals surface area contributed by atoms with E-state index < -0.39 is 0 Å². The van der Waals surface area contributed by atoms with Gasteiger partial charge in [-0.2, -0.15) is 0 Å². The SMILES string of the molecule is Cc1ccccc1CNc1cc(Cl)nc(-c2ccccc2)n1. The van der Waals surface area contributed by atoms with Crippen LogP contribution < -0.4 is 5.32 Å². The van der Waals surface area contributed by atoms with E-state index in [9.17, 15) is 0 Å². The van der Waals surface area contributed by atoms with Gasteiger partial charge in [0.05, 0.1) is 0 Å². The van der Waals surface area contributed by atoms with Crippen molar-refractivity contribution >= 4 is 17.4 Å². The monoisotopic (exact) mass is 309 g/mol. The third kappa shape index (κ3) is 3.43. The minimum Gasteiger partial charge on any atom is -0.366 e. The van der Waals surface area contributed by atoms with Crippen LogP contribution in [0.25, 0.3) is 11.4 Å². The summed E-state index contributed by atoms with van der Waals surface area (Å²) in [5, 5.41) is 3.75. The Morgan fingerprint density at radius 2 is 1.68 bits per heavy atom. The Labute approximate surface area is 135 Å². The highest BCUT2D eigenvalue weighted by atomic mass is 35.5. The summed E-state index contributed by atoms with van der Waals surface area (Å²) in [4.78, 5) is 8.83. The van der Waals surface area contributed by atoms with E-state index in [1.165, 1.54) is 11.1 Å². The van der Waals surface area contributed by atoms with E-state index in [0.29, 0.717) is 17.5 Å². The molecule has 4 heteroatoms. The predicted molar refractivity (Wildman–Crippen MR) is 91.0 cm³/mol. The Kier molecular flexibility index (Phi) is 4.35. The van der Waals surface area contributed by atoms with Gasteiger partial charge in [-0.05, 0) is 18.1 Å². The second-order valence-electron chi connectivity index (χ2n) is 5.05. The lowest BCUT2D eigenvalue weighted by Crippen LogP contribution is -2.04. The van der Waals surface area contributed by atoms with Gasteiger partial charge in [0.2, 0.25) is 0 Å². The molecular formula is C18H16ClN3. The second-order valence-corrected chi connectivity index (χ2v) is 5.43. The molecular weight excluding hydrogens is 294 g/mol. The molecule has 0 aliphatic carbocycles. The van der Waals surface area contributed by atoms with Crippen LogP contribution in [-0.4, -0.2) is 9.97 Å². The van der Waals surface area contributed by atoms with E-state index >= 15 is 0 Å². The molecule has 0 atom stereocenters. The van der Waals surface area contributed by atoms with Gasteiger partial charge in [-0.1, -0.05) is 66.2 Å². The first kappa shape index (κ1) is 14.5. The van der Waals surface area contributed by atoms with Gasteiger partial charge in [-0.15, -0.1) is 0 Å². The quantitative estimate of drug-likeness (QED) is 0.709. The number of rotatable bonds is 4. The summed E-state index contributed by atoms with van der Waals surface area (Å²) in [6, 6.07) is 19.8. The van der Waals surface area contributed by atoms with Gasteiger partial charge in [0.1, 0.15) is 11.0 Å². The maximum absolute atomic E-state index is 6.12. The van der Waals surface area contributed by atoms with E-state index in [-0.39, 0.29) is 0 Å². The predicted octanol–water partition coefficient (Wildman–Crippen LogP) is 4.72. The molecule has 0 radical (unpaired) electrons. The lowest BCUT2D eigenvalue weighted by Gasteiger charge is -2.10. The van der Waals surface area contributed by atoms with Gasteiger partial charge in [-0.3, -0.25) is 0 Å². The van der Waals surface area contributed by atoms with Gasteiger partial charge in [0.15, 0.2) is 5.82 Å². The zero-order valence-electron chi connectivity index (χ0n) is 12.3. The number of hydrogen-bond acceptors (Lipinski definition) is 3. The van der Waals surface area contributed by atoms with Crippen LogP contribution in [0.1, 0.15) is 11.1 Å². The molecule has 1 aromatic heterocycles. The van der Waals surface area contributed by atoms with Crippen LogP contribution in [0.3, 0.4) is 0 Å². The first-order valence-corrected chi connectivity index (χ1v) is 7.48. The summed E-state index contributed by atoms with van der Waals surface area (Å²) < 4.78 is 0. The van der Waals surface area contributed by atoms with Gasteiger partial charge in [0, 0.05) is 18.2 Å². The highest BCUT2D eigenvalue weighted by Crippen LogP contribution is 2.20. The molecule has 3 nitrogen and oxygen atoms in total. The van der Waals surface area contributed by atoms with Crippen molar-refractivity contribution in [1.82, 2.24) is 9.97 Å². The molecule has 110 valence electrons. The number of aromatic nitrogens is 2. The fraction of sp³-hybridized carbons (Fsp3) is 0.111. The maximum Gasteiger partial charge on any atom is 0.163 e. The molecule has 0 saturated carbocycles. The first-order valence-electron chi connectivity index (χ1n) is 7.11. The Hall–Kier alpha value is -2.39. The third-order valence-corrected chi connectivity index (χ3v) is 3.64. The third-order valence-electron chi connectivity index (χ3n) is 3.45. The number of hydrogen-bond donors (Lipinski definition) is 1. The number of anilines is 1. The maximum atomic E-state index is 6.12. The largest absolute Gasteiger partial charge is 0.366 e. The van der Waals surface area contributed by atoms with E-state index in [1.807, 2.05) is 42.5 Å². The molecule has 3 aromatic rings. The van der Waals surface area contributed by atoms with Crippen LogP contribution in [0.4, 0.5) is 5.82 Å². The van der Waals surface area contributed by atoms with Crippen LogP contribution in [0.2, 0.25) is 5.15 Å². The average molecular weight is 310 g/mol. The zero-order chi connectivity index (χ0) is 15.4. The fourth-order valence-electron chi connectivity index (χ4n) is 2.22. The lowest BCUT2D eigenvalue weighted by molar-refractivity contribution is 1.07. The molecule has 3 rings (SSSR count). The van der Waals surface area contributed by atoms with E-state index in [2.05, 4.69) is 34.3 Å². The zero-order valence-corrected chi connectivity index (χ0v) is 13.0. The molecule has 0 fully saturated rings. The van der Waals surface area contributed by atoms with Crippen molar-refractivity contribution < 1.29 is 0 Å².